The second-order valence-corrected chi connectivity index (χ2v) is 6.21. The molecule has 0 aliphatic rings. The maximum atomic E-state index is 12.2. The Hall–Kier alpha value is -0.660. The largest absolute Gasteiger partial charge is 0.481 e. The van der Waals surface area contributed by atoms with Crippen LogP contribution in [0.2, 0.25) is 0 Å². The van der Waals surface area contributed by atoms with E-state index in [9.17, 15) is 13.2 Å². The van der Waals surface area contributed by atoms with Crippen LogP contribution in [0.25, 0.3) is 0 Å². The minimum atomic E-state index is -3.59. The fraction of sp³-hybridized carbons (Fsp3) is 0.900. The van der Waals surface area contributed by atoms with Gasteiger partial charge in [-0.05, 0) is 20.8 Å². The summed E-state index contributed by atoms with van der Waals surface area (Å²) in [6, 6.07) is -0.713. The number of carboxylic acids is 1. The van der Waals surface area contributed by atoms with Crippen molar-refractivity contribution < 1.29 is 18.3 Å². The zero-order valence-electron chi connectivity index (χ0n) is 11.0. The van der Waals surface area contributed by atoms with E-state index < -0.39 is 22.2 Å². The Morgan fingerprint density at radius 2 is 1.76 bits per heavy atom. The molecule has 0 spiro atoms. The van der Waals surface area contributed by atoms with Gasteiger partial charge in [0, 0.05) is 25.7 Å². The lowest BCUT2D eigenvalue weighted by atomic mass is 10.2. The van der Waals surface area contributed by atoms with Gasteiger partial charge in [0.25, 0.3) is 10.2 Å². The van der Waals surface area contributed by atoms with E-state index in [1.54, 1.807) is 27.7 Å². The van der Waals surface area contributed by atoms with Crippen LogP contribution < -0.4 is 0 Å². The van der Waals surface area contributed by atoms with Gasteiger partial charge in [-0.3, -0.25) is 4.79 Å². The first-order chi connectivity index (χ1) is 7.64. The molecule has 0 aromatic carbocycles. The van der Waals surface area contributed by atoms with Crippen molar-refractivity contribution in [1.29, 1.82) is 0 Å². The molecular formula is C10H22N2O4S. The third kappa shape index (κ3) is 4.25. The summed E-state index contributed by atoms with van der Waals surface area (Å²) in [7, 11) is -2.10. The highest BCUT2D eigenvalue weighted by molar-refractivity contribution is 7.86. The molecule has 0 radical (unpaired) electrons. The summed E-state index contributed by atoms with van der Waals surface area (Å²) < 4.78 is 26.8. The SMILES string of the molecule is CCN(C(C)CC(=O)O)S(=O)(=O)N(C)C(C)C. The van der Waals surface area contributed by atoms with Crippen LogP contribution in [-0.4, -0.2) is 53.8 Å². The van der Waals surface area contributed by atoms with Gasteiger partial charge in [-0.25, -0.2) is 0 Å². The molecule has 0 aromatic heterocycles. The van der Waals surface area contributed by atoms with Gasteiger partial charge in [0.15, 0.2) is 0 Å². The summed E-state index contributed by atoms with van der Waals surface area (Å²) in [5.74, 6) is -1.00. The molecule has 0 bridgehead atoms. The lowest BCUT2D eigenvalue weighted by Gasteiger charge is -2.32. The molecule has 102 valence electrons. The maximum Gasteiger partial charge on any atom is 0.304 e. The molecule has 1 unspecified atom stereocenters. The number of nitrogens with zero attached hydrogens (tertiary/aromatic N) is 2. The van der Waals surface area contributed by atoms with Gasteiger partial charge in [0.2, 0.25) is 0 Å². The second kappa shape index (κ2) is 6.32. The Bertz CT molecular complexity index is 353. The monoisotopic (exact) mass is 266 g/mol. The molecule has 0 fully saturated rings. The predicted octanol–water partition coefficient (Wildman–Crippen LogP) is 0.756. The highest BCUT2D eigenvalue weighted by Crippen LogP contribution is 2.15. The standard InChI is InChI=1S/C10H22N2O4S/c1-6-12(9(4)7-10(13)14)17(15,16)11(5)8(2)3/h8-9H,6-7H2,1-5H3,(H,13,14). The van der Waals surface area contributed by atoms with E-state index in [1.165, 1.54) is 15.7 Å². The van der Waals surface area contributed by atoms with Gasteiger partial charge >= 0.3 is 5.97 Å². The molecule has 6 nitrogen and oxygen atoms in total. The van der Waals surface area contributed by atoms with Crippen molar-refractivity contribution in [2.24, 2.45) is 0 Å². The molecule has 0 saturated carbocycles. The van der Waals surface area contributed by atoms with Crippen LogP contribution in [0, 0.1) is 0 Å². The van der Waals surface area contributed by atoms with Crippen LogP contribution in [0.1, 0.15) is 34.1 Å². The molecule has 0 saturated heterocycles. The van der Waals surface area contributed by atoms with Crippen molar-refractivity contribution in [3.05, 3.63) is 0 Å². The van der Waals surface area contributed by atoms with Crippen LogP contribution in [-0.2, 0) is 15.0 Å². The van der Waals surface area contributed by atoms with Gasteiger partial charge in [0.1, 0.15) is 0 Å². The first-order valence-electron chi connectivity index (χ1n) is 5.61. The minimum Gasteiger partial charge on any atom is -0.481 e. The van der Waals surface area contributed by atoms with Crippen molar-refractivity contribution in [2.45, 2.75) is 46.2 Å². The van der Waals surface area contributed by atoms with Crippen molar-refractivity contribution >= 4 is 16.2 Å². The van der Waals surface area contributed by atoms with Crippen LogP contribution >= 0.6 is 0 Å². The Morgan fingerprint density at radius 3 is 2.06 bits per heavy atom. The van der Waals surface area contributed by atoms with E-state index in [4.69, 9.17) is 5.11 Å². The van der Waals surface area contributed by atoms with E-state index in [-0.39, 0.29) is 19.0 Å². The van der Waals surface area contributed by atoms with Crippen molar-refractivity contribution in [3.8, 4) is 0 Å². The highest BCUT2D eigenvalue weighted by atomic mass is 32.2. The highest BCUT2D eigenvalue weighted by Gasteiger charge is 2.31. The number of rotatable bonds is 7. The number of carboxylic acid groups (broad SMARTS) is 1. The zero-order valence-corrected chi connectivity index (χ0v) is 11.9. The topological polar surface area (TPSA) is 77.9 Å². The van der Waals surface area contributed by atoms with Crippen molar-refractivity contribution in [1.82, 2.24) is 8.61 Å². The van der Waals surface area contributed by atoms with E-state index in [0.717, 1.165) is 0 Å². The van der Waals surface area contributed by atoms with Gasteiger partial charge < -0.3 is 5.11 Å². The van der Waals surface area contributed by atoms with Gasteiger partial charge in [-0.2, -0.15) is 17.0 Å². The quantitative estimate of drug-likeness (QED) is 0.738. The Morgan fingerprint density at radius 1 is 1.29 bits per heavy atom. The molecule has 7 heteroatoms. The van der Waals surface area contributed by atoms with E-state index in [0.29, 0.717) is 0 Å². The maximum absolute atomic E-state index is 12.2. The molecule has 0 rings (SSSR count). The van der Waals surface area contributed by atoms with Crippen molar-refractivity contribution in [2.75, 3.05) is 13.6 Å². The summed E-state index contributed by atoms with van der Waals surface area (Å²) in [5, 5.41) is 8.71. The number of hydrogen-bond acceptors (Lipinski definition) is 3. The molecular weight excluding hydrogens is 244 g/mol. The molecule has 0 heterocycles. The lowest BCUT2D eigenvalue weighted by molar-refractivity contribution is -0.137. The fourth-order valence-corrected chi connectivity index (χ4v) is 3.21. The normalized spacial score (nSPS) is 14.6. The van der Waals surface area contributed by atoms with Crippen LogP contribution in [0.3, 0.4) is 0 Å². The predicted molar refractivity (Wildman–Crippen MR) is 65.9 cm³/mol. The van der Waals surface area contributed by atoms with Crippen LogP contribution in [0.5, 0.6) is 0 Å². The van der Waals surface area contributed by atoms with Gasteiger partial charge in [0.05, 0.1) is 6.42 Å². The first-order valence-corrected chi connectivity index (χ1v) is 7.00. The Kier molecular flexibility index (Phi) is 6.08. The molecule has 1 N–H and O–H groups in total. The fourth-order valence-electron chi connectivity index (χ4n) is 1.49. The van der Waals surface area contributed by atoms with Crippen LogP contribution in [0.4, 0.5) is 0 Å². The van der Waals surface area contributed by atoms with Gasteiger partial charge in [-0.15, -0.1) is 0 Å². The molecule has 0 aliphatic carbocycles. The van der Waals surface area contributed by atoms with Gasteiger partial charge in [-0.1, -0.05) is 6.92 Å². The number of hydrogen-bond donors (Lipinski definition) is 1. The average Bonchev–Trinajstić information content (AvgIpc) is 2.15. The third-order valence-electron chi connectivity index (χ3n) is 2.66. The van der Waals surface area contributed by atoms with Crippen LogP contribution in [0.15, 0.2) is 0 Å². The smallest absolute Gasteiger partial charge is 0.304 e. The van der Waals surface area contributed by atoms with E-state index in [1.807, 2.05) is 0 Å². The summed E-state index contributed by atoms with van der Waals surface area (Å²) in [4.78, 5) is 10.6. The Balaban J connectivity index is 5.05. The summed E-state index contributed by atoms with van der Waals surface area (Å²) in [6.07, 6.45) is -0.195. The Labute approximate surface area is 103 Å². The minimum absolute atomic E-state index is 0.161. The molecule has 0 aromatic rings. The lowest BCUT2D eigenvalue weighted by Crippen LogP contribution is -2.48. The van der Waals surface area contributed by atoms with E-state index >= 15 is 0 Å². The summed E-state index contributed by atoms with van der Waals surface area (Å²) in [6.45, 7) is 7.10. The molecule has 1 atom stereocenters. The first kappa shape index (κ1) is 16.3. The van der Waals surface area contributed by atoms with E-state index in [2.05, 4.69) is 0 Å². The third-order valence-corrected chi connectivity index (χ3v) is 5.02. The summed E-state index contributed by atoms with van der Waals surface area (Å²) in [5.41, 5.74) is 0. The average molecular weight is 266 g/mol. The second-order valence-electron chi connectivity index (χ2n) is 4.27. The number of carbonyl (C=O) groups is 1. The van der Waals surface area contributed by atoms with Crippen molar-refractivity contribution in [3.63, 3.8) is 0 Å². The zero-order chi connectivity index (χ0) is 13.8. The molecule has 0 aliphatic heterocycles. The number of aliphatic carboxylic acids is 1. The molecule has 17 heavy (non-hydrogen) atoms. The summed E-state index contributed by atoms with van der Waals surface area (Å²) >= 11 is 0. The molecule has 0 amide bonds.